The van der Waals surface area contributed by atoms with Gasteiger partial charge in [-0.25, -0.2) is 9.97 Å². The summed E-state index contributed by atoms with van der Waals surface area (Å²) in [4.78, 5) is 23.6. The molecule has 0 saturated carbocycles. The van der Waals surface area contributed by atoms with E-state index in [0.29, 0.717) is 41.8 Å². The molecule has 130 valence electrons. The van der Waals surface area contributed by atoms with Gasteiger partial charge in [-0.05, 0) is 12.1 Å². The number of hydrogen-bond acceptors (Lipinski definition) is 4. The van der Waals surface area contributed by atoms with Crippen LogP contribution in [0.1, 0.15) is 48.6 Å². The molecule has 1 amide bonds. The minimum atomic E-state index is -0.146. The molecule has 3 aromatic heterocycles. The average Bonchev–Trinajstić information content (AvgIpc) is 3.16. The lowest BCUT2D eigenvalue weighted by molar-refractivity contribution is 0.0722. The van der Waals surface area contributed by atoms with Crippen molar-refractivity contribution >= 4 is 23.2 Å². The molecule has 0 fully saturated rings. The maximum atomic E-state index is 12.8. The molecule has 1 aliphatic heterocycles. The summed E-state index contributed by atoms with van der Waals surface area (Å²) in [5, 5.41) is 0.601. The van der Waals surface area contributed by atoms with Crippen LogP contribution in [0.25, 0.3) is 5.65 Å². The summed E-state index contributed by atoms with van der Waals surface area (Å²) < 4.78 is 7.64. The third-order valence-corrected chi connectivity index (χ3v) is 4.51. The Morgan fingerprint density at radius 2 is 2.04 bits per heavy atom. The van der Waals surface area contributed by atoms with Crippen LogP contribution in [-0.4, -0.2) is 31.7 Å². The summed E-state index contributed by atoms with van der Waals surface area (Å²) in [7, 11) is 0. The van der Waals surface area contributed by atoms with Gasteiger partial charge in [0.1, 0.15) is 22.8 Å². The van der Waals surface area contributed by atoms with Crippen molar-refractivity contribution < 1.29 is 9.21 Å². The largest absolute Gasteiger partial charge is 0.445 e. The van der Waals surface area contributed by atoms with Gasteiger partial charge in [-0.1, -0.05) is 32.4 Å². The van der Waals surface area contributed by atoms with Crippen LogP contribution >= 0.6 is 11.6 Å². The molecular formula is C18H19ClN4O2. The van der Waals surface area contributed by atoms with Gasteiger partial charge in [-0.15, -0.1) is 0 Å². The third-order valence-electron chi connectivity index (χ3n) is 4.29. The number of hydrogen-bond donors (Lipinski definition) is 0. The molecule has 6 nitrogen and oxygen atoms in total. The Morgan fingerprint density at radius 1 is 1.24 bits per heavy atom. The monoisotopic (exact) mass is 358 g/mol. The van der Waals surface area contributed by atoms with Crippen LogP contribution in [0.2, 0.25) is 5.02 Å². The zero-order valence-corrected chi connectivity index (χ0v) is 15.2. The summed E-state index contributed by atoms with van der Waals surface area (Å²) in [6.45, 7) is 7.24. The predicted molar refractivity (Wildman–Crippen MR) is 93.8 cm³/mol. The number of oxazole rings is 1. The van der Waals surface area contributed by atoms with Crippen LogP contribution in [-0.2, 0) is 18.4 Å². The predicted octanol–water partition coefficient (Wildman–Crippen LogP) is 3.47. The van der Waals surface area contributed by atoms with E-state index in [9.17, 15) is 4.79 Å². The molecule has 0 saturated heterocycles. The standard InChI is InChI=1S/C18H19ClN4O2/c1-18(2,3)17-21-12-9-22(7-6-14(12)25-17)16(24)13-10-23-8-11(19)4-5-15(23)20-13/h4-5,8,10H,6-7,9H2,1-3H3. The number of carbonyl (C=O) groups excluding carboxylic acids is 1. The van der Waals surface area contributed by atoms with E-state index in [1.807, 2.05) is 0 Å². The zero-order valence-electron chi connectivity index (χ0n) is 14.4. The second-order valence-corrected chi connectivity index (χ2v) is 7.79. The summed E-state index contributed by atoms with van der Waals surface area (Å²) in [5.41, 5.74) is 1.80. The highest BCUT2D eigenvalue weighted by Gasteiger charge is 2.30. The van der Waals surface area contributed by atoms with Crippen molar-refractivity contribution in [2.75, 3.05) is 6.54 Å². The van der Waals surface area contributed by atoms with Crippen LogP contribution in [0.3, 0.4) is 0 Å². The molecule has 0 aromatic carbocycles. The van der Waals surface area contributed by atoms with Gasteiger partial charge >= 0.3 is 0 Å². The number of fused-ring (bicyclic) bond motifs is 2. The van der Waals surface area contributed by atoms with Gasteiger partial charge in [0.15, 0.2) is 5.89 Å². The minimum Gasteiger partial charge on any atom is -0.445 e. The third kappa shape index (κ3) is 2.91. The van der Waals surface area contributed by atoms with E-state index in [-0.39, 0.29) is 11.3 Å². The highest BCUT2D eigenvalue weighted by molar-refractivity contribution is 6.30. The first-order valence-electron chi connectivity index (χ1n) is 8.24. The highest BCUT2D eigenvalue weighted by Crippen LogP contribution is 2.28. The van der Waals surface area contributed by atoms with Crippen molar-refractivity contribution in [3.63, 3.8) is 0 Å². The van der Waals surface area contributed by atoms with Crippen molar-refractivity contribution in [3.05, 3.63) is 52.6 Å². The molecule has 0 N–H and O–H groups in total. The van der Waals surface area contributed by atoms with Gasteiger partial charge in [0, 0.05) is 30.8 Å². The molecule has 0 aliphatic carbocycles. The Labute approximate surface area is 150 Å². The Bertz CT molecular complexity index is 967. The van der Waals surface area contributed by atoms with Crippen molar-refractivity contribution in [1.82, 2.24) is 19.3 Å². The molecule has 3 aromatic rings. The van der Waals surface area contributed by atoms with Gasteiger partial charge in [-0.3, -0.25) is 4.79 Å². The number of imidazole rings is 1. The number of amides is 1. The molecule has 0 radical (unpaired) electrons. The maximum absolute atomic E-state index is 12.8. The first-order valence-corrected chi connectivity index (χ1v) is 8.61. The number of carbonyl (C=O) groups is 1. The normalized spacial score (nSPS) is 14.8. The fourth-order valence-electron chi connectivity index (χ4n) is 2.92. The SMILES string of the molecule is CC(C)(C)c1nc2c(o1)CCN(C(=O)c1cn3cc(Cl)ccc3n1)C2. The lowest BCUT2D eigenvalue weighted by atomic mass is 9.97. The summed E-state index contributed by atoms with van der Waals surface area (Å²) >= 11 is 5.99. The van der Waals surface area contributed by atoms with E-state index in [1.165, 1.54) is 0 Å². The summed E-state index contributed by atoms with van der Waals surface area (Å²) in [6, 6.07) is 3.55. The van der Waals surface area contributed by atoms with Gasteiger partial charge < -0.3 is 13.7 Å². The van der Waals surface area contributed by atoms with Crippen molar-refractivity contribution in [3.8, 4) is 0 Å². The van der Waals surface area contributed by atoms with Gasteiger partial charge in [0.25, 0.3) is 5.91 Å². The van der Waals surface area contributed by atoms with E-state index in [2.05, 4.69) is 30.7 Å². The number of nitrogens with zero attached hydrogens (tertiary/aromatic N) is 4. The number of halogens is 1. The van der Waals surface area contributed by atoms with Crippen molar-refractivity contribution in [1.29, 1.82) is 0 Å². The molecular weight excluding hydrogens is 340 g/mol. The summed E-state index contributed by atoms with van der Waals surface area (Å²) in [6.07, 6.45) is 4.12. The number of aromatic nitrogens is 3. The lowest BCUT2D eigenvalue weighted by Gasteiger charge is -2.24. The Hall–Kier alpha value is -2.34. The van der Waals surface area contributed by atoms with Gasteiger partial charge in [0.2, 0.25) is 0 Å². The van der Waals surface area contributed by atoms with E-state index in [4.69, 9.17) is 16.0 Å². The fraction of sp³-hybridized carbons (Fsp3) is 0.389. The van der Waals surface area contributed by atoms with Crippen LogP contribution in [0.5, 0.6) is 0 Å². The molecule has 1 aliphatic rings. The molecule has 4 rings (SSSR count). The van der Waals surface area contributed by atoms with Crippen molar-refractivity contribution in [2.24, 2.45) is 0 Å². The second kappa shape index (κ2) is 5.59. The molecule has 0 unspecified atom stereocenters. The maximum Gasteiger partial charge on any atom is 0.274 e. The first kappa shape index (κ1) is 16.1. The first-order chi connectivity index (χ1) is 11.8. The fourth-order valence-corrected chi connectivity index (χ4v) is 3.09. The van der Waals surface area contributed by atoms with Crippen molar-refractivity contribution in [2.45, 2.75) is 39.2 Å². The molecule has 4 heterocycles. The van der Waals surface area contributed by atoms with E-state index >= 15 is 0 Å². The van der Waals surface area contributed by atoms with Crippen LogP contribution in [0.4, 0.5) is 0 Å². The number of rotatable bonds is 1. The van der Waals surface area contributed by atoms with E-state index in [0.717, 1.165) is 11.5 Å². The van der Waals surface area contributed by atoms with Crippen LogP contribution < -0.4 is 0 Å². The van der Waals surface area contributed by atoms with Gasteiger partial charge in [-0.2, -0.15) is 0 Å². The van der Waals surface area contributed by atoms with Crippen LogP contribution in [0, 0.1) is 0 Å². The smallest absolute Gasteiger partial charge is 0.274 e. The minimum absolute atomic E-state index is 0.106. The Kier molecular flexibility index (Phi) is 3.61. The van der Waals surface area contributed by atoms with Crippen LogP contribution in [0.15, 0.2) is 28.9 Å². The topological polar surface area (TPSA) is 63.6 Å². The summed E-state index contributed by atoms with van der Waals surface area (Å²) in [5.74, 6) is 1.50. The highest BCUT2D eigenvalue weighted by atomic mass is 35.5. The zero-order chi connectivity index (χ0) is 17.8. The molecule has 0 spiro atoms. The molecule has 0 atom stereocenters. The lowest BCUT2D eigenvalue weighted by Crippen LogP contribution is -2.36. The average molecular weight is 359 g/mol. The molecule has 7 heteroatoms. The van der Waals surface area contributed by atoms with Gasteiger partial charge in [0.05, 0.1) is 11.6 Å². The molecule has 25 heavy (non-hydrogen) atoms. The molecule has 0 bridgehead atoms. The Balaban J connectivity index is 1.59. The van der Waals surface area contributed by atoms with E-state index < -0.39 is 0 Å². The van der Waals surface area contributed by atoms with E-state index in [1.54, 1.807) is 33.8 Å². The second-order valence-electron chi connectivity index (χ2n) is 7.35. The quantitative estimate of drug-likeness (QED) is 0.668. The Morgan fingerprint density at radius 3 is 2.80 bits per heavy atom. The number of pyridine rings is 1.